The molecule has 2 fully saturated rings. The van der Waals surface area contributed by atoms with E-state index in [1.165, 1.54) is 17.2 Å². The number of hydrogen-bond acceptors (Lipinski definition) is 5. The number of piperazine rings is 1. The third-order valence-corrected chi connectivity index (χ3v) is 3.74. The normalized spacial score (nSPS) is 24.8. The van der Waals surface area contributed by atoms with Gasteiger partial charge >= 0.3 is 11.9 Å². The van der Waals surface area contributed by atoms with Gasteiger partial charge in [0.15, 0.2) is 6.20 Å². The van der Waals surface area contributed by atoms with Crippen molar-refractivity contribution in [1.82, 2.24) is 9.88 Å². The summed E-state index contributed by atoms with van der Waals surface area (Å²) in [6, 6.07) is 3.19. The van der Waals surface area contributed by atoms with Crippen molar-refractivity contribution in [2.75, 3.05) is 18.0 Å². The van der Waals surface area contributed by atoms with Crippen LogP contribution in [0.25, 0.3) is 0 Å². The zero-order valence-electron chi connectivity index (χ0n) is 9.97. The first-order valence-electron chi connectivity index (χ1n) is 5.93. The summed E-state index contributed by atoms with van der Waals surface area (Å²) in [7, 11) is 0. The number of hydrogen-bond donors (Lipinski definition) is 1. The summed E-state index contributed by atoms with van der Waals surface area (Å²) in [5.41, 5.74) is 0.808. The minimum absolute atomic E-state index is 0.0118. The van der Waals surface area contributed by atoms with Gasteiger partial charge in [0.1, 0.15) is 0 Å². The van der Waals surface area contributed by atoms with Crippen molar-refractivity contribution >= 4 is 17.6 Å². The van der Waals surface area contributed by atoms with Crippen LogP contribution in [0.1, 0.15) is 6.42 Å². The van der Waals surface area contributed by atoms with Gasteiger partial charge in [0.2, 0.25) is 0 Å². The van der Waals surface area contributed by atoms with Crippen molar-refractivity contribution in [3.05, 3.63) is 28.4 Å². The molecule has 3 rings (SSSR count). The molecule has 19 heavy (non-hydrogen) atoms. The van der Waals surface area contributed by atoms with Gasteiger partial charge in [-0.2, -0.15) is 0 Å². The van der Waals surface area contributed by atoms with E-state index in [1.807, 2.05) is 0 Å². The van der Waals surface area contributed by atoms with E-state index in [0.29, 0.717) is 13.1 Å². The zero-order valence-corrected chi connectivity index (χ0v) is 9.97. The fraction of sp³-hybridized carbons (Fsp3) is 0.455. The molecule has 0 radical (unpaired) electrons. The average molecular weight is 264 g/mol. The minimum Gasteiger partial charge on any atom is -0.465 e. The number of anilines is 1. The number of aromatic nitrogens is 1. The Bertz CT molecular complexity index is 532. The smallest absolute Gasteiger partial charge is 0.407 e. The van der Waals surface area contributed by atoms with Crippen LogP contribution < -0.4 is 4.90 Å². The van der Waals surface area contributed by atoms with E-state index in [4.69, 9.17) is 5.11 Å². The summed E-state index contributed by atoms with van der Waals surface area (Å²) in [6.07, 6.45) is 1.40. The van der Waals surface area contributed by atoms with E-state index < -0.39 is 11.0 Å². The number of fused-ring (bicyclic) bond motifs is 2. The van der Waals surface area contributed by atoms with Crippen molar-refractivity contribution in [2.45, 2.75) is 18.5 Å². The number of likely N-dealkylation sites (tertiary alicyclic amines) is 1. The van der Waals surface area contributed by atoms with E-state index in [1.54, 1.807) is 6.07 Å². The lowest BCUT2D eigenvalue weighted by Gasteiger charge is -2.33. The largest absolute Gasteiger partial charge is 0.465 e. The molecule has 0 aliphatic carbocycles. The highest BCUT2D eigenvalue weighted by Gasteiger charge is 2.45. The summed E-state index contributed by atoms with van der Waals surface area (Å²) in [4.78, 5) is 28.3. The zero-order chi connectivity index (χ0) is 13.6. The van der Waals surface area contributed by atoms with Crippen molar-refractivity contribution in [3.63, 3.8) is 0 Å². The van der Waals surface area contributed by atoms with E-state index in [2.05, 4.69) is 9.88 Å². The van der Waals surface area contributed by atoms with Gasteiger partial charge in [-0.05, 0) is 22.4 Å². The van der Waals surface area contributed by atoms with Gasteiger partial charge in [-0.15, -0.1) is 0 Å². The molecule has 1 N–H and O–H groups in total. The molecule has 0 aromatic carbocycles. The average Bonchev–Trinajstić information content (AvgIpc) is 2.98. The van der Waals surface area contributed by atoms with Gasteiger partial charge < -0.3 is 25.0 Å². The standard InChI is InChI=1S/C11H12N4O4/c16-11(17)14-6-8-3-9(14)5-13(8)7-1-2-10(12-4-7)15(18)19/h1-2,4,8-9H,3,5-6H2,(H,16,17)/t8-,9?/m1/s1. The fourth-order valence-electron chi connectivity index (χ4n) is 2.87. The molecule has 1 amide bonds. The Morgan fingerprint density at radius 1 is 1.42 bits per heavy atom. The third-order valence-electron chi connectivity index (χ3n) is 3.74. The van der Waals surface area contributed by atoms with Crippen molar-refractivity contribution < 1.29 is 14.8 Å². The molecule has 1 aromatic heterocycles. The lowest BCUT2D eigenvalue weighted by atomic mass is 10.2. The van der Waals surface area contributed by atoms with Crippen LogP contribution in [0.2, 0.25) is 0 Å². The fourth-order valence-corrected chi connectivity index (χ4v) is 2.87. The number of amides is 1. The van der Waals surface area contributed by atoms with E-state index in [0.717, 1.165) is 12.1 Å². The quantitative estimate of drug-likeness (QED) is 0.630. The maximum Gasteiger partial charge on any atom is 0.407 e. The summed E-state index contributed by atoms with van der Waals surface area (Å²) in [5, 5.41) is 19.5. The molecule has 100 valence electrons. The van der Waals surface area contributed by atoms with Crippen molar-refractivity contribution in [3.8, 4) is 0 Å². The Balaban J connectivity index is 1.76. The van der Waals surface area contributed by atoms with Crippen LogP contribution >= 0.6 is 0 Å². The van der Waals surface area contributed by atoms with Gasteiger partial charge in [-0.1, -0.05) is 0 Å². The number of nitrogens with zero attached hydrogens (tertiary/aromatic N) is 4. The number of carboxylic acid groups (broad SMARTS) is 1. The third kappa shape index (κ3) is 1.85. The highest BCUT2D eigenvalue weighted by molar-refractivity contribution is 5.67. The highest BCUT2D eigenvalue weighted by Crippen LogP contribution is 2.34. The predicted molar refractivity (Wildman–Crippen MR) is 65.2 cm³/mol. The van der Waals surface area contributed by atoms with Crippen molar-refractivity contribution in [2.24, 2.45) is 0 Å². The number of rotatable bonds is 2. The number of nitro groups is 1. The number of pyridine rings is 1. The van der Waals surface area contributed by atoms with Gasteiger partial charge in [-0.3, -0.25) is 0 Å². The van der Waals surface area contributed by atoms with Crippen LogP contribution in [0, 0.1) is 10.1 Å². The molecule has 2 aliphatic heterocycles. The maximum atomic E-state index is 11.0. The van der Waals surface area contributed by atoms with Crippen LogP contribution in [0.15, 0.2) is 18.3 Å². The van der Waals surface area contributed by atoms with E-state index in [9.17, 15) is 14.9 Å². The summed E-state index contributed by atoms with van der Waals surface area (Å²) >= 11 is 0. The predicted octanol–water partition coefficient (Wildman–Crippen LogP) is 0.931. The Morgan fingerprint density at radius 3 is 2.68 bits per heavy atom. The molecule has 2 saturated heterocycles. The topological polar surface area (TPSA) is 99.8 Å². The van der Waals surface area contributed by atoms with Crippen molar-refractivity contribution in [1.29, 1.82) is 0 Å². The summed E-state index contributed by atoms with van der Waals surface area (Å²) in [6.45, 7) is 1.10. The lowest BCUT2D eigenvalue weighted by molar-refractivity contribution is -0.389. The first-order valence-corrected chi connectivity index (χ1v) is 5.93. The van der Waals surface area contributed by atoms with E-state index in [-0.39, 0.29) is 17.9 Å². The van der Waals surface area contributed by atoms with Crippen LogP contribution in [-0.4, -0.2) is 51.2 Å². The second-order valence-corrected chi connectivity index (χ2v) is 4.76. The van der Waals surface area contributed by atoms with Crippen LogP contribution in [0.5, 0.6) is 0 Å². The summed E-state index contributed by atoms with van der Waals surface area (Å²) < 4.78 is 0. The van der Waals surface area contributed by atoms with Gasteiger partial charge in [0.25, 0.3) is 0 Å². The Morgan fingerprint density at radius 2 is 2.21 bits per heavy atom. The van der Waals surface area contributed by atoms with Crippen LogP contribution in [0.3, 0.4) is 0 Å². The monoisotopic (exact) mass is 264 g/mol. The molecule has 3 heterocycles. The SMILES string of the molecule is O=C(O)N1C[C@H]2CC1CN2c1ccc([N+](=O)[O-])nc1. The molecule has 1 unspecified atom stereocenters. The molecule has 1 aromatic rings. The molecule has 2 aliphatic rings. The van der Waals surface area contributed by atoms with Gasteiger partial charge in [0, 0.05) is 25.2 Å². The van der Waals surface area contributed by atoms with Gasteiger partial charge in [-0.25, -0.2) is 4.79 Å². The molecule has 8 heteroatoms. The molecular weight excluding hydrogens is 252 g/mol. The van der Waals surface area contributed by atoms with Crippen LogP contribution in [-0.2, 0) is 0 Å². The second kappa shape index (κ2) is 4.08. The Hall–Kier alpha value is -2.38. The second-order valence-electron chi connectivity index (χ2n) is 4.76. The number of carbonyl (C=O) groups is 1. The lowest BCUT2D eigenvalue weighted by Crippen LogP contribution is -2.48. The molecule has 2 bridgehead atoms. The molecule has 2 atom stereocenters. The van der Waals surface area contributed by atoms with Gasteiger partial charge in [0.05, 0.1) is 11.7 Å². The maximum absolute atomic E-state index is 11.0. The first kappa shape index (κ1) is 11.7. The summed E-state index contributed by atoms with van der Waals surface area (Å²) in [5.74, 6) is -0.180. The van der Waals surface area contributed by atoms with E-state index >= 15 is 0 Å². The van der Waals surface area contributed by atoms with Crippen LogP contribution in [0.4, 0.5) is 16.3 Å². The molecule has 0 spiro atoms. The molecule has 8 nitrogen and oxygen atoms in total. The highest BCUT2D eigenvalue weighted by atomic mass is 16.6. The Kier molecular flexibility index (Phi) is 2.51. The Labute approximate surface area is 108 Å². The molecule has 0 saturated carbocycles. The minimum atomic E-state index is -0.881. The molecular formula is C11H12N4O4. The first-order chi connectivity index (χ1) is 9.06.